The number of benzene rings is 1. The molecular weight excluding hydrogens is 425 g/mol. The van der Waals surface area contributed by atoms with Crippen LogP contribution in [0.1, 0.15) is 82.9 Å². The number of carbonyl (C=O) groups is 1. The Bertz CT molecular complexity index is 1050. The molecule has 8 heteroatoms. The normalized spacial score (nSPS) is 19.5. The lowest BCUT2D eigenvalue weighted by molar-refractivity contribution is 0.00578. The molecule has 33 heavy (non-hydrogen) atoms. The van der Waals surface area contributed by atoms with Crippen LogP contribution >= 0.6 is 0 Å². The number of anilines is 1. The minimum atomic E-state index is -0.724. The van der Waals surface area contributed by atoms with Gasteiger partial charge in [-0.25, -0.2) is 9.37 Å². The highest BCUT2D eigenvalue weighted by Crippen LogP contribution is 2.46. The Balaban J connectivity index is 0.00000149. The number of nitrogens with zero attached hydrogens (tertiary/aromatic N) is 1. The largest absolute Gasteiger partial charge is 0.495 e. The molecule has 0 spiro atoms. The van der Waals surface area contributed by atoms with E-state index < -0.39 is 36.0 Å². The first-order valence-corrected chi connectivity index (χ1v) is 11.5. The van der Waals surface area contributed by atoms with Gasteiger partial charge >= 0.3 is 7.12 Å². The van der Waals surface area contributed by atoms with Crippen molar-refractivity contribution in [3.8, 4) is 0 Å². The first-order valence-electron chi connectivity index (χ1n) is 11.5. The Morgan fingerprint density at radius 2 is 1.58 bits per heavy atom. The van der Waals surface area contributed by atoms with Gasteiger partial charge in [0.25, 0.3) is 5.91 Å². The van der Waals surface area contributed by atoms with E-state index in [4.69, 9.17) is 9.31 Å². The van der Waals surface area contributed by atoms with E-state index >= 15 is 0 Å². The van der Waals surface area contributed by atoms with Crippen LogP contribution in [0.2, 0.25) is 0 Å². The van der Waals surface area contributed by atoms with E-state index in [1.165, 1.54) is 12.1 Å². The average molecular weight is 458 g/mol. The third-order valence-electron chi connectivity index (χ3n) is 6.79. The summed E-state index contributed by atoms with van der Waals surface area (Å²) in [5.41, 5.74) is 0.605. The van der Waals surface area contributed by atoms with Crippen LogP contribution in [0.5, 0.6) is 0 Å². The van der Waals surface area contributed by atoms with Crippen molar-refractivity contribution in [1.29, 1.82) is 0 Å². The topological polar surface area (TPSA) is 60.5 Å². The van der Waals surface area contributed by atoms with Gasteiger partial charge in [-0.3, -0.25) is 4.79 Å². The number of rotatable bonds is 4. The van der Waals surface area contributed by atoms with Gasteiger partial charge in [0.1, 0.15) is 5.82 Å². The van der Waals surface area contributed by atoms with Crippen molar-refractivity contribution in [3.05, 3.63) is 52.9 Å². The maximum absolute atomic E-state index is 14.7. The molecule has 1 aliphatic carbocycles. The SMILES string of the molecule is CC.Cc1cc(F)c(NC(=O)c2cc(F)nc(C3(C)CC3)c2)cc1B1OC(C)(C)C(C)(C)O1. The van der Waals surface area contributed by atoms with Gasteiger partial charge in [-0.05, 0) is 76.7 Å². The van der Waals surface area contributed by atoms with Crippen LogP contribution in [0.25, 0.3) is 0 Å². The van der Waals surface area contributed by atoms with Gasteiger partial charge in [-0.1, -0.05) is 20.8 Å². The molecule has 5 nitrogen and oxygen atoms in total. The Kier molecular flexibility index (Phi) is 6.75. The molecule has 1 saturated carbocycles. The zero-order valence-electron chi connectivity index (χ0n) is 20.7. The fourth-order valence-corrected chi connectivity index (χ4v) is 3.58. The second kappa shape index (κ2) is 8.80. The second-order valence-corrected chi connectivity index (χ2v) is 9.86. The van der Waals surface area contributed by atoms with E-state index in [9.17, 15) is 13.6 Å². The molecule has 4 rings (SSSR count). The average Bonchev–Trinajstić information content (AvgIpc) is 3.43. The smallest absolute Gasteiger partial charge is 0.399 e. The molecule has 0 unspecified atom stereocenters. The standard InChI is InChI=1S/C23H27BF2N2O3.C2H6/c1-13-9-16(25)17(12-15(13)24-30-21(2,3)22(4,5)31-24)27-20(29)14-10-18(23(6)7-8-23)28-19(26)11-14;1-2/h9-12H,7-8H2,1-6H3,(H,27,29);1-2H3. The van der Waals surface area contributed by atoms with Crippen LogP contribution in [0.4, 0.5) is 14.5 Å². The van der Waals surface area contributed by atoms with Crippen LogP contribution in [0, 0.1) is 18.7 Å². The van der Waals surface area contributed by atoms with Crippen molar-refractivity contribution in [1.82, 2.24) is 4.98 Å². The number of pyridine rings is 1. The summed E-state index contributed by atoms with van der Waals surface area (Å²) in [5.74, 6) is -1.91. The number of hydrogen-bond donors (Lipinski definition) is 1. The van der Waals surface area contributed by atoms with Crippen molar-refractivity contribution in [3.63, 3.8) is 0 Å². The zero-order valence-corrected chi connectivity index (χ0v) is 20.7. The van der Waals surface area contributed by atoms with Crippen molar-refractivity contribution >= 4 is 24.2 Å². The molecule has 1 saturated heterocycles. The number of halogens is 2. The van der Waals surface area contributed by atoms with Gasteiger partial charge < -0.3 is 14.6 Å². The van der Waals surface area contributed by atoms with Crippen molar-refractivity contribution in [2.75, 3.05) is 5.32 Å². The molecular formula is C25H33BF2N2O3. The fraction of sp³-hybridized carbons (Fsp3) is 0.520. The molecule has 0 atom stereocenters. The first-order chi connectivity index (χ1) is 15.3. The van der Waals surface area contributed by atoms with Crippen molar-refractivity contribution in [2.24, 2.45) is 0 Å². The summed E-state index contributed by atoms with van der Waals surface area (Å²) in [5, 5.41) is 2.57. The van der Waals surface area contributed by atoms with E-state index in [1.807, 2.05) is 48.5 Å². The minimum absolute atomic E-state index is 0.0169. The molecule has 2 aliphatic rings. The lowest BCUT2D eigenvalue weighted by atomic mass is 9.76. The highest BCUT2D eigenvalue weighted by Gasteiger charge is 2.52. The van der Waals surface area contributed by atoms with E-state index in [-0.39, 0.29) is 16.7 Å². The monoisotopic (exact) mass is 458 g/mol. The van der Waals surface area contributed by atoms with Crippen LogP contribution in [-0.4, -0.2) is 29.2 Å². The molecule has 2 aromatic rings. The van der Waals surface area contributed by atoms with Gasteiger partial charge in [0.15, 0.2) is 0 Å². The lowest BCUT2D eigenvalue weighted by Crippen LogP contribution is -2.41. The van der Waals surface area contributed by atoms with Gasteiger partial charge in [0.2, 0.25) is 5.95 Å². The summed E-state index contributed by atoms with van der Waals surface area (Å²) >= 11 is 0. The highest BCUT2D eigenvalue weighted by atomic mass is 19.1. The number of amides is 1. The van der Waals surface area contributed by atoms with Gasteiger partial charge in [0.05, 0.1) is 22.6 Å². The van der Waals surface area contributed by atoms with Crippen LogP contribution in [0.3, 0.4) is 0 Å². The molecule has 2 fully saturated rings. The van der Waals surface area contributed by atoms with Crippen molar-refractivity contribution in [2.45, 2.75) is 84.8 Å². The van der Waals surface area contributed by atoms with Crippen LogP contribution in [0.15, 0.2) is 24.3 Å². The van der Waals surface area contributed by atoms with E-state index in [1.54, 1.807) is 13.0 Å². The Hall–Kier alpha value is -2.32. The molecule has 1 aliphatic heterocycles. The maximum atomic E-state index is 14.7. The molecule has 1 amide bonds. The molecule has 1 aromatic carbocycles. The fourth-order valence-electron chi connectivity index (χ4n) is 3.58. The number of aromatic nitrogens is 1. The Morgan fingerprint density at radius 3 is 2.12 bits per heavy atom. The summed E-state index contributed by atoms with van der Waals surface area (Å²) < 4.78 is 40.9. The predicted octanol–water partition coefficient (Wildman–Crippen LogP) is 5.30. The zero-order chi connectivity index (χ0) is 24.8. The third-order valence-corrected chi connectivity index (χ3v) is 6.79. The molecule has 2 heterocycles. The maximum Gasteiger partial charge on any atom is 0.495 e. The molecule has 1 N–H and O–H groups in total. The molecule has 0 radical (unpaired) electrons. The van der Waals surface area contributed by atoms with Gasteiger partial charge in [0, 0.05) is 17.0 Å². The third kappa shape index (κ3) is 4.97. The summed E-state index contributed by atoms with van der Waals surface area (Å²) in [6.07, 6.45) is 1.79. The first kappa shape index (κ1) is 25.3. The minimum Gasteiger partial charge on any atom is -0.399 e. The predicted molar refractivity (Wildman–Crippen MR) is 127 cm³/mol. The van der Waals surface area contributed by atoms with Crippen molar-refractivity contribution < 1.29 is 22.9 Å². The lowest BCUT2D eigenvalue weighted by Gasteiger charge is -2.32. The summed E-state index contributed by atoms with van der Waals surface area (Å²) in [6, 6.07) is 5.49. The van der Waals surface area contributed by atoms with E-state index in [0.29, 0.717) is 16.7 Å². The summed E-state index contributed by atoms with van der Waals surface area (Å²) in [7, 11) is -0.693. The number of carbonyl (C=O) groups excluding carboxylic acids is 1. The molecule has 1 aromatic heterocycles. The quantitative estimate of drug-likeness (QED) is 0.499. The second-order valence-electron chi connectivity index (χ2n) is 9.86. The van der Waals surface area contributed by atoms with E-state index in [0.717, 1.165) is 18.9 Å². The number of hydrogen-bond acceptors (Lipinski definition) is 4. The van der Waals surface area contributed by atoms with Gasteiger partial charge in [-0.15, -0.1) is 0 Å². The number of aryl methyl sites for hydroxylation is 1. The molecule has 0 bridgehead atoms. The van der Waals surface area contributed by atoms with Crippen LogP contribution in [-0.2, 0) is 14.7 Å². The highest BCUT2D eigenvalue weighted by molar-refractivity contribution is 6.62. The summed E-state index contributed by atoms with van der Waals surface area (Å²) in [6.45, 7) is 15.5. The van der Waals surface area contributed by atoms with Crippen LogP contribution < -0.4 is 10.8 Å². The molecule has 178 valence electrons. The Labute approximate surface area is 195 Å². The summed E-state index contributed by atoms with van der Waals surface area (Å²) in [4.78, 5) is 16.7. The number of nitrogens with one attached hydrogen (secondary N) is 1. The van der Waals surface area contributed by atoms with Gasteiger partial charge in [-0.2, -0.15) is 4.39 Å². The Morgan fingerprint density at radius 1 is 1.00 bits per heavy atom. The van der Waals surface area contributed by atoms with E-state index in [2.05, 4.69) is 10.3 Å².